The summed E-state index contributed by atoms with van der Waals surface area (Å²) in [6, 6.07) is 0. The van der Waals surface area contributed by atoms with E-state index < -0.39 is 0 Å². The molecular weight excluding hydrogens is 196 g/mol. The summed E-state index contributed by atoms with van der Waals surface area (Å²) in [6.45, 7) is 3.89. The molecule has 0 atom stereocenters. The number of hydrogen-bond donors (Lipinski definition) is 0. The molecule has 0 N–H and O–H groups in total. The molecule has 0 aliphatic heterocycles. The Hall–Kier alpha value is -0.141. The molecule has 3 heteroatoms. The van der Waals surface area contributed by atoms with Crippen LogP contribution in [0.4, 0.5) is 0 Å². The van der Waals surface area contributed by atoms with Crippen molar-refractivity contribution in [3.05, 3.63) is 0 Å². The second kappa shape index (κ2) is 8.95. The Labute approximate surface area is 84.6 Å². The molecule has 0 unspecified atom stereocenters. The average Bonchev–Trinajstić information content (AvgIpc) is 1.87. The van der Waals surface area contributed by atoms with Crippen molar-refractivity contribution in [1.82, 2.24) is 0 Å². The van der Waals surface area contributed by atoms with Gasteiger partial charge in [0.25, 0.3) is 0 Å². The van der Waals surface area contributed by atoms with E-state index in [9.17, 15) is 9.59 Å². The van der Waals surface area contributed by atoms with Crippen LogP contribution in [0.1, 0.15) is 46.0 Å². The third-order valence-corrected chi connectivity index (χ3v) is 1.45. The number of rotatable bonds is 6. The van der Waals surface area contributed by atoms with E-state index in [1.54, 1.807) is 0 Å². The van der Waals surface area contributed by atoms with E-state index in [2.05, 4.69) is 0 Å². The molecule has 0 aromatic rings. The van der Waals surface area contributed by atoms with Gasteiger partial charge in [0.2, 0.25) is 0 Å². The predicted molar refractivity (Wildman–Crippen MR) is 44.4 cm³/mol. The molecule has 0 bridgehead atoms. The Morgan fingerprint density at radius 2 is 1.25 bits per heavy atom. The van der Waals surface area contributed by atoms with Gasteiger partial charge in [-0.25, -0.2) is 0 Å². The molecule has 0 spiro atoms. The number of Topliss-reactive ketones (excluding diaryl/α,β-unsaturated/α-hetero) is 2. The summed E-state index contributed by atoms with van der Waals surface area (Å²) in [5, 5.41) is 0. The quantitative estimate of drug-likeness (QED) is 0.499. The van der Waals surface area contributed by atoms with Gasteiger partial charge in [0, 0.05) is 29.9 Å². The first-order valence-corrected chi connectivity index (χ1v) is 4.24. The van der Waals surface area contributed by atoms with Gasteiger partial charge in [-0.3, -0.25) is 9.59 Å². The van der Waals surface area contributed by atoms with Crippen LogP contribution in [-0.4, -0.2) is 11.6 Å². The van der Waals surface area contributed by atoms with Gasteiger partial charge in [0.05, 0.1) is 6.42 Å². The molecular formula is C9H16FeO2. The number of ketones is 2. The largest absolute Gasteiger partial charge is 0.299 e. The number of hydrogen-bond acceptors (Lipinski definition) is 2. The van der Waals surface area contributed by atoms with Crippen molar-refractivity contribution >= 4 is 11.6 Å². The second-order valence-corrected chi connectivity index (χ2v) is 2.75. The van der Waals surface area contributed by atoms with Crippen molar-refractivity contribution in [3.63, 3.8) is 0 Å². The van der Waals surface area contributed by atoms with Crippen LogP contribution in [0.2, 0.25) is 0 Å². The van der Waals surface area contributed by atoms with Gasteiger partial charge < -0.3 is 0 Å². The van der Waals surface area contributed by atoms with E-state index in [1.807, 2.05) is 13.8 Å². The summed E-state index contributed by atoms with van der Waals surface area (Å²) in [5.41, 5.74) is 0. The molecule has 0 aliphatic rings. The minimum Gasteiger partial charge on any atom is -0.299 e. The van der Waals surface area contributed by atoms with Crippen LogP contribution in [0.5, 0.6) is 0 Å². The van der Waals surface area contributed by atoms with Crippen molar-refractivity contribution in [2.24, 2.45) is 0 Å². The monoisotopic (exact) mass is 212 g/mol. The molecule has 0 fully saturated rings. The van der Waals surface area contributed by atoms with Gasteiger partial charge in [-0.2, -0.15) is 0 Å². The second-order valence-electron chi connectivity index (χ2n) is 2.75. The Morgan fingerprint density at radius 3 is 1.50 bits per heavy atom. The smallest absolute Gasteiger partial charge is 0.140 e. The summed E-state index contributed by atoms with van der Waals surface area (Å²) < 4.78 is 0. The third-order valence-electron chi connectivity index (χ3n) is 1.45. The molecule has 0 saturated carbocycles. The summed E-state index contributed by atoms with van der Waals surface area (Å²) in [7, 11) is 0. The predicted octanol–water partition coefficient (Wildman–Crippen LogP) is 2.11. The number of carbonyl (C=O) groups excluding carboxylic acids is 2. The van der Waals surface area contributed by atoms with Crippen LogP contribution in [0, 0.1) is 0 Å². The molecule has 0 radical (unpaired) electrons. The molecule has 0 rings (SSSR count). The van der Waals surface area contributed by atoms with Crippen LogP contribution in [0.25, 0.3) is 0 Å². The fourth-order valence-corrected chi connectivity index (χ4v) is 0.954. The minimum absolute atomic E-state index is 0. The summed E-state index contributed by atoms with van der Waals surface area (Å²) in [6.07, 6.45) is 2.95. The van der Waals surface area contributed by atoms with Crippen molar-refractivity contribution in [1.29, 1.82) is 0 Å². The average molecular weight is 212 g/mol. The standard InChI is InChI=1S/C9H16O2.Fe/c1-3-5-8(10)7-9(11)6-4-2;/h3-7H2,1-2H3;. The van der Waals surface area contributed by atoms with Gasteiger partial charge in [0.15, 0.2) is 0 Å². The Bertz CT molecular complexity index is 127. The molecule has 0 aromatic carbocycles. The zero-order chi connectivity index (χ0) is 8.69. The van der Waals surface area contributed by atoms with Crippen LogP contribution in [0.3, 0.4) is 0 Å². The van der Waals surface area contributed by atoms with Gasteiger partial charge in [-0.1, -0.05) is 13.8 Å². The molecule has 72 valence electrons. The molecule has 0 heterocycles. The van der Waals surface area contributed by atoms with E-state index in [4.69, 9.17) is 0 Å². The SMILES string of the molecule is CCCC(=O)CC(=O)CCC.[Fe]. The van der Waals surface area contributed by atoms with Gasteiger partial charge in [-0.05, 0) is 12.8 Å². The van der Waals surface area contributed by atoms with Crippen molar-refractivity contribution in [2.75, 3.05) is 0 Å². The Balaban J connectivity index is 0. The summed E-state index contributed by atoms with van der Waals surface area (Å²) >= 11 is 0. The minimum atomic E-state index is 0. The zero-order valence-corrected chi connectivity index (χ0v) is 8.81. The molecule has 2 nitrogen and oxygen atoms in total. The first-order valence-electron chi connectivity index (χ1n) is 4.24. The Morgan fingerprint density at radius 1 is 0.917 bits per heavy atom. The van der Waals surface area contributed by atoms with Crippen LogP contribution >= 0.6 is 0 Å². The van der Waals surface area contributed by atoms with Crippen molar-refractivity contribution < 1.29 is 26.7 Å². The van der Waals surface area contributed by atoms with Gasteiger partial charge in [-0.15, -0.1) is 0 Å². The van der Waals surface area contributed by atoms with Gasteiger partial charge in [0.1, 0.15) is 11.6 Å². The van der Waals surface area contributed by atoms with Crippen molar-refractivity contribution in [3.8, 4) is 0 Å². The molecule has 12 heavy (non-hydrogen) atoms. The molecule has 0 saturated heterocycles. The maximum Gasteiger partial charge on any atom is 0.140 e. The van der Waals surface area contributed by atoms with Crippen molar-refractivity contribution in [2.45, 2.75) is 46.0 Å². The van der Waals surface area contributed by atoms with Gasteiger partial charge >= 0.3 is 0 Å². The first kappa shape index (κ1) is 14.4. The fourth-order valence-electron chi connectivity index (χ4n) is 0.954. The fraction of sp³-hybridized carbons (Fsp3) is 0.778. The Kier molecular flexibility index (Phi) is 10.7. The zero-order valence-electron chi connectivity index (χ0n) is 7.71. The van der Waals surface area contributed by atoms with E-state index in [-0.39, 0.29) is 35.1 Å². The maximum absolute atomic E-state index is 10.9. The van der Waals surface area contributed by atoms with Crippen LogP contribution in [-0.2, 0) is 26.7 Å². The first-order chi connectivity index (χ1) is 5.20. The number of carbonyl (C=O) groups is 2. The maximum atomic E-state index is 10.9. The topological polar surface area (TPSA) is 34.1 Å². The van der Waals surface area contributed by atoms with E-state index in [0.717, 1.165) is 12.8 Å². The normalized spacial score (nSPS) is 8.83. The summed E-state index contributed by atoms with van der Waals surface area (Å²) in [4.78, 5) is 21.8. The molecule has 0 aliphatic carbocycles. The van der Waals surface area contributed by atoms with Crippen LogP contribution < -0.4 is 0 Å². The van der Waals surface area contributed by atoms with Crippen LogP contribution in [0.15, 0.2) is 0 Å². The summed E-state index contributed by atoms with van der Waals surface area (Å²) in [5.74, 6) is 0.178. The molecule has 0 amide bonds. The third kappa shape index (κ3) is 7.96. The van der Waals surface area contributed by atoms with E-state index in [1.165, 1.54) is 0 Å². The van der Waals surface area contributed by atoms with E-state index in [0.29, 0.717) is 12.8 Å². The molecule has 0 aromatic heterocycles. The van der Waals surface area contributed by atoms with E-state index >= 15 is 0 Å².